The summed E-state index contributed by atoms with van der Waals surface area (Å²) in [5, 5.41) is 7.36. The average molecular weight is 727 g/mol. The maximum Gasteiger partial charge on any atom is 0.161 e. The van der Waals surface area contributed by atoms with Crippen molar-refractivity contribution in [3.05, 3.63) is 205 Å². The van der Waals surface area contributed by atoms with Gasteiger partial charge in [-0.1, -0.05) is 184 Å². The number of hydrogen-bond donors (Lipinski definition) is 0. The molecule has 11 rings (SSSR count). The number of rotatable bonds is 5. The lowest BCUT2D eigenvalue weighted by atomic mass is 9.81. The second-order valence-corrected chi connectivity index (χ2v) is 15.7. The molecule has 0 aliphatic heterocycles. The van der Waals surface area contributed by atoms with Crippen molar-refractivity contribution in [3.63, 3.8) is 0 Å². The standard InChI is InChI=1S/C55H38N2/c1-55(2)49-31-27-36-15-8-9-20-43(36)53(49)48-28-26-40(33-50(48)55)42-29-30-47(45-22-12-11-21-44(42)45)54-56-51(37-16-4-3-5-17-37)34-52(57-54)46-23-13-10-19-41(46)39-25-24-35-14-6-7-18-38(35)32-39/h3-34H,1-2H3. The van der Waals surface area contributed by atoms with E-state index in [1.165, 1.54) is 60.3 Å². The molecule has 0 atom stereocenters. The monoisotopic (exact) mass is 726 g/mol. The molecule has 1 heterocycles. The first-order valence-corrected chi connectivity index (χ1v) is 19.7. The van der Waals surface area contributed by atoms with Crippen LogP contribution in [0.2, 0.25) is 0 Å². The predicted molar refractivity (Wildman–Crippen MR) is 239 cm³/mol. The molecule has 0 unspecified atom stereocenters. The fourth-order valence-electron chi connectivity index (χ4n) is 9.20. The molecule has 0 radical (unpaired) electrons. The topological polar surface area (TPSA) is 25.8 Å². The summed E-state index contributed by atoms with van der Waals surface area (Å²) in [6.45, 7) is 4.73. The quantitative estimate of drug-likeness (QED) is 0.176. The van der Waals surface area contributed by atoms with Crippen LogP contribution in [0.25, 0.3) is 99.6 Å². The number of nitrogens with zero attached hydrogens (tertiary/aromatic N) is 2. The first-order valence-electron chi connectivity index (χ1n) is 19.7. The highest BCUT2D eigenvalue weighted by Gasteiger charge is 2.36. The molecule has 2 nitrogen and oxygen atoms in total. The molecule has 9 aromatic carbocycles. The zero-order valence-electron chi connectivity index (χ0n) is 31.9. The Morgan fingerprint density at radius 2 is 0.912 bits per heavy atom. The van der Waals surface area contributed by atoms with Gasteiger partial charge in [-0.2, -0.15) is 0 Å². The predicted octanol–water partition coefficient (Wildman–Crippen LogP) is 14.6. The van der Waals surface area contributed by atoms with Crippen molar-refractivity contribution in [2.75, 3.05) is 0 Å². The highest BCUT2D eigenvalue weighted by molar-refractivity contribution is 6.06. The summed E-state index contributed by atoms with van der Waals surface area (Å²) in [5.74, 6) is 0.708. The molecule has 0 spiro atoms. The van der Waals surface area contributed by atoms with E-state index in [4.69, 9.17) is 9.97 Å². The van der Waals surface area contributed by atoms with Gasteiger partial charge in [0, 0.05) is 22.1 Å². The van der Waals surface area contributed by atoms with Gasteiger partial charge in [-0.15, -0.1) is 0 Å². The lowest BCUT2D eigenvalue weighted by Crippen LogP contribution is -2.15. The molecule has 10 aromatic rings. The third-order valence-electron chi connectivity index (χ3n) is 12.1. The maximum atomic E-state index is 5.40. The smallest absolute Gasteiger partial charge is 0.161 e. The molecule has 0 N–H and O–H groups in total. The Balaban J connectivity index is 1.07. The van der Waals surface area contributed by atoms with Crippen molar-refractivity contribution in [3.8, 4) is 67.3 Å². The molecular formula is C55H38N2. The van der Waals surface area contributed by atoms with Gasteiger partial charge in [0.1, 0.15) is 0 Å². The van der Waals surface area contributed by atoms with Crippen LogP contribution in [0, 0.1) is 0 Å². The maximum absolute atomic E-state index is 5.40. The summed E-state index contributed by atoms with van der Waals surface area (Å²) in [4.78, 5) is 10.7. The zero-order valence-corrected chi connectivity index (χ0v) is 31.9. The minimum atomic E-state index is -0.119. The Labute approximate surface area is 332 Å². The number of fused-ring (bicyclic) bond motifs is 7. The molecule has 1 aromatic heterocycles. The molecule has 0 bridgehead atoms. The van der Waals surface area contributed by atoms with Crippen molar-refractivity contribution in [2.24, 2.45) is 0 Å². The minimum Gasteiger partial charge on any atom is -0.228 e. The van der Waals surface area contributed by atoms with Crippen LogP contribution in [0.4, 0.5) is 0 Å². The van der Waals surface area contributed by atoms with Crippen molar-refractivity contribution >= 4 is 32.3 Å². The highest BCUT2D eigenvalue weighted by atomic mass is 14.9. The second-order valence-electron chi connectivity index (χ2n) is 15.7. The van der Waals surface area contributed by atoms with Gasteiger partial charge in [0.15, 0.2) is 5.82 Å². The lowest BCUT2D eigenvalue weighted by molar-refractivity contribution is 0.661. The fourth-order valence-corrected chi connectivity index (χ4v) is 9.20. The van der Waals surface area contributed by atoms with E-state index in [2.05, 4.69) is 208 Å². The summed E-state index contributed by atoms with van der Waals surface area (Å²) in [7, 11) is 0. The minimum absolute atomic E-state index is 0.119. The Bertz CT molecular complexity index is 3210. The molecule has 268 valence electrons. The highest BCUT2D eigenvalue weighted by Crippen LogP contribution is 2.52. The molecular weight excluding hydrogens is 689 g/mol. The summed E-state index contributed by atoms with van der Waals surface area (Å²) in [6.07, 6.45) is 0. The van der Waals surface area contributed by atoms with Gasteiger partial charge in [-0.25, -0.2) is 9.97 Å². The van der Waals surface area contributed by atoms with E-state index < -0.39 is 0 Å². The zero-order chi connectivity index (χ0) is 38.1. The van der Waals surface area contributed by atoms with Crippen molar-refractivity contribution < 1.29 is 0 Å². The molecule has 1 aliphatic carbocycles. The van der Waals surface area contributed by atoms with Gasteiger partial charge in [-0.05, 0) is 101 Å². The van der Waals surface area contributed by atoms with E-state index in [-0.39, 0.29) is 5.41 Å². The Morgan fingerprint density at radius 1 is 0.333 bits per heavy atom. The van der Waals surface area contributed by atoms with Crippen molar-refractivity contribution in [1.29, 1.82) is 0 Å². The van der Waals surface area contributed by atoms with Crippen LogP contribution in [-0.2, 0) is 5.41 Å². The van der Waals surface area contributed by atoms with Gasteiger partial charge >= 0.3 is 0 Å². The molecule has 57 heavy (non-hydrogen) atoms. The summed E-state index contributed by atoms with van der Waals surface area (Å²) < 4.78 is 0. The van der Waals surface area contributed by atoms with Gasteiger partial charge in [0.25, 0.3) is 0 Å². The van der Waals surface area contributed by atoms with E-state index in [1.54, 1.807) is 0 Å². The number of aromatic nitrogens is 2. The summed E-state index contributed by atoms with van der Waals surface area (Å²) in [5.41, 5.74) is 15.0. The van der Waals surface area contributed by atoms with Crippen LogP contribution in [0.3, 0.4) is 0 Å². The van der Waals surface area contributed by atoms with E-state index in [1.807, 2.05) is 0 Å². The summed E-state index contributed by atoms with van der Waals surface area (Å²) >= 11 is 0. The van der Waals surface area contributed by atoms with Crippen LogP contribution in [0.1, 0.15) is 25.0 Å². The van der Waals surface area contributed by atoms with Crippen LogP contribution in [-0.4, -0.2) is 9.97 Å². The Morgan fingerprint density at radius 3 is 1.74 bits per heavy atom. The first kappa shape index (κ1) is 33.2. The number of benzene rings is 9. The third-order valence-corrected chi connectivity index (χ3v) is 12.1. The molecule has 0 amide bonds. The molecule has 0 fully saturated rings. The van der Waals surface area contributed by atoms with Crippen LogP contribution < -0.4 is 0 Å². The van der Waals surface area contributed by atoms with Crippen LogP contribution in [0.5, 0.6) is 0 Å². The van der Waals surface area contributed by atoms with Gasteiger partial charge < -0.3 is 0 Å². The normalized spacial score (nSPS) is 12.9. The third kappa shape index (κ3) is 5.40. The average Bonchev–Trinajstić information content (AvgIpc) is 3.51. The number of hydrogen-bond acceptors (Lipinski definition) is 2. The van der Waals surface area contributed by atoms with E-state index in [0.717, 1.165) is 44.6 Å². The lowest BCUT2D eigenvalue weighted by Gasteiger charge is -2.22. The first-order chi connectivity index (χ1) is 28.0. The van der Waals surface area contributed by atoms with E-state index >= 15 is 0 Å². The molecule has 0 saturated carbocycles. The molecule has 0 saturated heterocycles. The summed E-state index contributed by atoms with van der Waals surface area (Å²) in [6, 6.07) is 70.1. The van der Waals surface area contributed by atoms with Gasteiger partial charge in [-0.3, -0.25) is 0 Å². The van der Waals surface area contributed by atoms with Crippen molar-refractivity contribution in [2.45, 2.75) is 19.3 Å². The van der Waals surface area contributed by atoms with E-state index in [9.17, 15) is 0 Å². The fraction of sp³-hybridized carbons (Fsp3) is 0.0545. The van der Waals surface area contributed by atoms with Gasteiger partial charge in [0.05, 0.1) is 11.4 Å². The van der Waals surface area contributed by atoms with E-state index in [0.29, 0.717) is 5.82 Å². The van der Waals surface area contributed by atoms with Crippen LogP contribution >= 0.6 is 0 Å². The molecule has 1 aliphatic rings. The SMILES string of the molecule is CC1(C)c2cc(-c3ccc(-c4nc(-c5ccccc5)cc(-c5ccccc5-c5ccc6ccccc6c5)n4)c4ccccc34)ccc2-c2c1ccc1ccccc21. The largest absolute Gasteiger partial charge is 0.228 e. The Hall–Kier alpha value is -7.16. The Kier molecular flexibility index (Phi) is 7.55. The second kappa shape index (κ2) is 13.0. The van der Waals surface area contributed by atoms with Gasteiger partial charge in [0.2, 0.25) is 0 Å². The van der Waals surface area contributed by atoms with Crippen LogP contribution in [0.15, 0.2) is 194 Å². The molecule has 2 heteroatoms. The van der Waals surface area contributed by atoms with Crippen molar-refractivity contribution in [1.82, 2.24) is 9.97 Å².